The monoisotopic (exact) mass is 280 g/mol. The summed E-state index contributed by atoms with van der Waals surface area (Å²) in [4.78, 5) is 2.44. The first kappa shape index (κ1) is 14.2. The second kappa shape index (κ2) is 5.53. The Bertz CT molecular complexity index is 594. The molecule has 110 valence electrons. The van der Waals surface area contributed by atoms with Crippen molar-refractivity contribution in [3.05, 3.63) is 65.2 Å². The van der Waals surface area contributed by atoms with E-state index in [2.05, 4.69) is 55.3 Å². The first-order valence-electron chi connectivity index (χ1n) is 7.68. The Morgan fingerprint density at radius 2 is 1.62 bits per heavy atom. The van der Waals surface area contributed by atoms with Crippen molar-refractivity contribution in [3.8, 4) is 0 Å². The zero-order valence-corrected chi connectivity index (χ0v) is 13.0. The zero-order valence-electron chi connectivity index (χ0n) is 13.0. The summed E-state index contributed by atoms with van der Waals surface area (Å²) in [5, 5.41) is 0. The quantitative estimate of drug-likeness (QED) is 0.845. The lowest BCUT2D eigenvalue weighted by Crippen LogP contribution is -2.28. The van der Waals surface area contributed by atoms with Gasteiger partial charge in [0.15, 0.2) is 0 Å². The molecular formula is C19H24N2. The van der Waals surface area contributed by atoms with E-state index in [1.807, 2.05) is 12.1 Å². The third-order valence-corrected chi connectivity index (χ3v) is 4.52. The van der Waals surface area contributed by atoms with Gasteiger partial charge in [-0.1, -0.05) is 42.0 Å². The van der Waals surface area contributed by atoms with Crippen LogP contribution in [0.1, 0.15) is 29.5 Å². The van der Waals surface area contributed by atoms with E-state index in [1.165, 1.54) is 29.5 Å². The van der Waals surface area contributed by atoms with Gasteiger partial charge in [0.1, 0.15) is 0 Å². The van der Waals surface area contributed by atoms with Gasteiger partial charge in [0.25, 0.3) is 0 Å². The van der Waals surface area contributed by atoms with Gasteiger partial charge in [-0.15, -0.1) is 0 Å². The number of aryl methyl sites for hydroxylation is 1. The summed E-state index contributed by atoms with van der Waals surface area (Å²) in [5.74, 6) is 0. The highest BCUT2D eigenvalue weighted by atomic mass is 15.1. The predicted molar refractivity (Wildman–Crippen MR) is 89.3 cm³/mol. The SMILES string of the molecule is Cc1ccc(CN(C)CC2(c3ccc(N)cc3)CC2)cc1. The smallest absolute Gasteiger partial charge is 0.0314 e. The molecule has 1 saturated carbocycles. The van der Waals surface area contributed by atoms with Gasteiger partial charge in [0.2, 0.25) is 0 Å². The average Bonchev–Trinajstić information content (AvgIpc) is 3.23. The molecule has 1 aliphatic rings. The Morgan fingerprint density at radius 1 is 1.00 bits per heavy atom. The third-order valence-electron chi connectivity index (χ3n) is 4.52. The number of nitrogen functional groups attached to an aromatic ring is 1. The van der Waals surface area contributed by atoms with Crippen LogP contribution in [0.15, 0.2) is 48.5 Å². The molecule has 0 spiro atoms. The van der Waals surface area contributed by atoms with E-state index < -0.39 is 0 Å². The van der Waals surface area contributed by atoms with Gasteiger partial charge in [0, 0.05) is 24.2 Å². The minimum absolute atomic E-state index is 0.354. The summed E-state index contributed by atoms with van der Waals surface area (Å²) < 4.78 is 0. The van der Waals surface area contributed by atoms with Crippen molar-refractivity contribution in [2.75, 3.05) is 19.3 Å². The maximum Gasteiger partial charge on any atom is 0.0314 e. The fraction of sp³-hybridized carbons (Fsp3) is 0.368. The molecule has 0 aromatic heterocycles. The van der Waals surface area contributed by atoms with Gasteiger partial charge in [-0.3, -0.25) is 0 Å². The first-order chi connectivity index (χ1) is 10.1. The lowest BCUT2D eigenvalue weighted by Gasteiger charge is -2.24. The van der Waals surface area contributed by atoms with Gasteiger partial charge >= 0.3 is 0 Å². The molecule has 1 aliphatic carbocycles. The molecule has 2 nitrogen and oxygen atoms in total. The van der Waals surface area contributed by atoms with Crippen molar-refractivity contribution in [3.63, 3.8) is 0 Å². The van der Waals surface area contributed by atoms with Crippen LogP contribution in [0.2, 0.25) is 0 Å². The number of rotatable bonds is 5. The number of hydrogen-bond donors (Lipinski definition) is 1. The number of benzene rings is 2. The molecule has 0 radical (unpaired) electrons. The molecule has 2 aromatic carbocycles. The van der Waals surface area contributed by atoms with Crippen LogP contribution in [-0.2, 0) is 12.0 Å². The second-order valence-electron chi connectivity index (χ2n) is 6.56. The van der Waals surface area contributed by atoms with Crippen LogP contribution in [-0.4, -0.2) is 18.5 Å². The Labute approximate surface area is 127 Å². The van der Waals surface area contributed by atoms with Crippen molar-refractivity contribution in [2.45, 2.75) is 31.7 Å². The molecule has 0 bridgehead atoms. The van der Waals surface area contributed by atoms with E-state index in [9.17, 15) is 0 Å². The first-order valence-corrected chi connectivity index (χ1v) is 7.68. The molecule has 2 heteroatoms. The standard InChI is InChI=1S/C19H24N2/c1-15-3-5-16(6-4-15)13-21(2)14-19(11-12-19)17-7-9-18(20)10-8-17/h3-10H,11-14,20H2,1-2H3. The summed E-state index contributed by atoms with van der Waals surface area (Å²) >= 11 is 0. The van der Waals surface area contributed by atoms with Crippen LogP contribution in [0.4, 0.5) is 5.69 Å². The van der Waals surface area contributed by atoms with Gasteiger partial charge < -0.3 is 10.6 Å². The van der Waals surface area contributed by atoms with Gasteiger partial charge in [0.05, 0.1) is 0 Å². The molecule has 2 aromatic rings. The third kappa shape index (κ3) is 3.27. The van der Waals surface area contributed by atoms with Gasteiger partial charge in [-0.25, -0.2) is 0 Å². The molecule has 1 fully saturated rings. The van der Waals surface area contributed by atoms with Crippen molar-refractivity contribution < 1.29 is 0 Å². The molecule has 3 rings (SSSR count). The Kier molecular flexibility index (Phi) is 3.73. The largest absolute Gasteiger partial charge is 0.399 e. The Hall–Kier alpha value is -1.80. The summed E-state index contributed by atoms with van der Waals surface area (Å²) in [6.07, 6.45) is 2.57. The number of nitrogens with zero attached hydrogens (tertiary/aromatic N) is 1. The normalized spacial score (nSPS) is 16.1. The lowest BCUT2D eigenvalue weighted by molar-refractivity contribution is 0.294. The lowest BCUT2D eigenvalue weighted by atomic mass is 9.95. The minimum Gasteiger partial charge on any atom is -0.399 e. The number of hydrogen-bond acceptors (Lipinski definition) is 2. The molecule has 0 saturated heterocycles. The van der Waals surface area contributed by atoms with Gasteiger partial charge in [-0.2, -0.15) is 0 Å². The summed E-state index contributed by atoms with van der Waals surface area (Å²) in [5.41, 5.74) is 11.1. The van der Waals surface area contributed by atoms with E-state index in [0.29, 0.717) is 5.41 Å². The molecular weight excluding hydrogens is 256 g/mol. The topological polar surface area (TPSA) is 29.3 Å². The fourth-order valence-electron chi connectivity index (χ4n) is 3.10. The van der Waals surface area contributed by atoms with E-state index in [-0.39, 0.29) is 0 Å². The molecule has 0 heterocycles. The molecule has 0 aliphatic heterocycles. The summed E-state index contributed by atoms with van der Waals surface area (Å²) in [7, 11) is 2.22. The zero-order chi connectivity index (χ0) is 14.9. The van der Waals surface area contributed by atoms with Crippen LogP contribution < -0.4 is 5.73 Å². The van der Waals surface area contributed by atoms with E-state index in [4.69, 9.17) is 5.73 Å². The van der Waals surface area contributed by atoms with E-state index in [0.717, 1.165) is 18.8 Å². The van der Waals surface area contributed by atoms with Crippen LogP contribution >= 0.6 is 0 Å². The van der Waals surface area contributed by atoms with Crippen LogP contribution in [0.25, 0.3) is 0 Å². The molecule has 2 N–H and O–H groups in total. The minimum atomic E-state index is 0.354. The number of anilines is 1. The van der Waals surface area contributed by atoms with Crippen molar-refractivity contribution in [1.82, 2.24) is 4.90 Å². The van der Waals surface area contributed by atoms with Crippen LogP contribution in [0.3, 0.4) is 0 Å². The number of likely N-dealkylation sites (N-methyl/N-ethyl adjacent to an activating group) is 1. The molecule has 0 unspecified atom stereocenters. The predicted octanol–water partition coefficient (Wildman–Crippen LogP) is 3.74. The average molecular weight is 280 g/mol. The van der Waals surface area contributed by atoms with E-state index >= 15 is 0 Å². The van der Waals surface area contributed by atoms with Crippen LogP contribution in [0.5, 0.6) is 0 Å². The maximum atomic E-state index is 5.80. The highest BCUT2D eigenvalue weighted by molar-refractivity contribution is 5.43. The van der Waals surface area contributed by atoms with E-state index in [1.54, 1.807) is 0 Å². The molecule has 0 atom stereocenters. The maximum absolute atomic E-state index is 5.80. The Balaban J connectivity index is 1.65. The number of nitrogens with two attached hydrogens (primary N) is 1. The highest BCUT2D eigenvalue weighted by Gasteiger charge is 2.44. The van der Waals surface area contributed by atoms with Crippen molar-refractivity contribution >= 4 is 5.69 Å². The van der Waals surface area contributed by atoms with Gasteiger partial charge in [-0.05, 0) is 50.1 Å². The molecule has 0 amide bonds. The second-order valence-corrected chi connectivity index (χ2v) is 6.56. The Morgan fingerprint density at radius 3 is 2.19 bits per heavy atom. The summed E-state index contributed by atoms with van der Waals surface area (Å²) in [6, 6.07) is 17.3. The summed E-state index contributed by atoms with van der Waals surface area (Å²) in [6.45, 7) is 4.26. The molecule has 21 heavy (non-hydrogen) atoms. The van der Waals surface area contributed by atoms with Crippen LogP contribution in [0, 0.1) is 6.92 Å². The van der Waals surface area contributed by atoms with Crippen molar-refractivity contribution in [2.24, 2.45) is 0 Å². The van der Waals surface area contributed by atoms with Crippen molar-refractivity contribution in [1.29, 1.82) is 0 Å². The fourth-order valence-corrected chi connectivity index (χ4v) is 3.10. The highest BCUT2D eigenvalue weighted by Crippen LogP contribution is 2.48.